The van der Waals surface area contributed by atoms with E-state index in [-0.39, 0.29) is 12.6 Å². The molecule has 3 aromatic rings. The number of nitrogens with one attached hydrogen (secondary N) is 1. The number of aryl methyl sites for hydroxylation is 1. The molecule has 1 aliphatic heterocycles. The molecule has 1 saturated heterocycles. The third-order valence-electron chi connectivity index (χ3n) is 7.85. The van der Waals surface area contributed by atoms with Gasteiger partial charge in [-0.05, 0) is 74.6 Å². The van der Waals surface area contributed by atoms with Crippen molar-refractivity contribution in [3.8, 4) is 5.75 Å². The topological polar surface area (TPSA) is 57.7 Å². The Morgan fingerprint density at radius 2 is 1.83 bits per heavy atom. The molecule has 1 aromatic heterocycles. The lowest BCUT2D eigenvalue weighted by Gasteiger charge is -2.42. The molecule has 0 saturated carbocycles. The highest BCUT2D eigenvalue weighted by molar-refractivity contribution is 6.32. The van der Waals surface area contributed by atoms with Gasteiger partial charge in [0.1, 0.15) is 10.9 Å². The number of amides is 1. The number of likely N-dealkylation sites (tertiary alicyclic amines) is 1. The quantitative estimate of drug-likeness (QED) is 0.266. The van der Waals surface area contributed by atoms with Crippen molar-refractivity contribution in [1.29, 1.82) is 0 Å². The third-order valence-corrected chi connectivity index (χ3v) is 8.14. The largest absolute Gasteiger partial charge is 0.497 e. The minimum atomic E-state index is -4.70. The van der Waals surface area contributed by atoms with Gasteiger partial charge in [-0.3, -0.25) is 4.79 Å². The summed E-state index contributed by atoms with van der Waals surface area (Å²) >= 11 is 5.86. The number of benzene rings is 2. The summed E-state index contributed by atoms with van der Waals surface area (Å²) in [4.78, 5) is 21.1. The Morgan fingerprint density at radius 1 is 1.15 bits per heavy atom. The van der Waals surface area contributed by atoms with Crippen molar-refractivity contribution in [2.75, 3.05) is 31.6 Å². The number of carbonyl (C=O) groups is 1. The predicted molar refractivity (Wildman–Crippen MR) is 156 cm³/mol. The zero-order chi connectivity index (χ0) is 29.6. The summed E-state index contributed by atoms with van der Waals surface area (Å²) in [5.74, 6) is -0.0478. The van der Waals surface area contributed by atoms with Crippen LogP contribution in [0.1, 0.15) is 53.2 Å². The van der Waals surface area contributed by atoms with Gasteiger partial charge in [-0.1, -0.05) is 35.9 Å². The summed E-state index contributed by atoms with van der Waals surface area (Å²) in [5.41, 5.74) is 1.97. The molecule has 4 rings (SSSR count). The molecular weight excluding hydrogens is 553 g/mol. The van der Waals surface area contributed by atoms with E-state index >= 15 is 0 Å². The number of carbonyl (C=O) groups excluding carboxylic acids is 1. The number of hydrogen-bond acceptors (Lipinski definition) is 5. The second-order valence-electron chi connectivity index (χ2n) is 10.4. The number of ether oxygens (including phenoxy) is 1. The normalized spacial score (nSPS) is 15.4. The summed E-state index contributed by atoms with van der Waals surface area (Å²) in [5, 5.41) is 2.15. The van der Waals surface area contributed by atoms with Crippen LogP contribution in [0.4, 0.5) is 18.9 Å². The molecular formula is C31H36ClF3N4O2. The van der Waals surface area contributed by atoms with Gasteiger partial charge in [0, 0.05) is 50.1 Å². The molecule has 1 aliphatic rings. The van der Waals surface area contributed by atoms with Crippen molar-refractivity contribution in [3.63, 3.8) is 0 Å². The van der Waals surface area contributed by atoms with Gasteiger partial charge in [-0.25, -0.2) is 4.98 Å². The maximum absolute atomic E-state index is 13.4. The van der Waals surface area contributed by atoms with Crippen molar-refractivity contribution < 1.29 is 22.7 Å². The summed E-state index contributed by atoms with van der Waals surface area (Å²) in [6.07, 6.45) is -1.22. The van der Waals surface area contributed by atoms with Gasteiger partial charge in [0.15, 0.2) is 0 Å². The molecule has 0 unspecified atom stereocenters. The van der Waals surface area contributed by atoms with E-state index in [9.17, 15) is 18.0 Å². The first-order chi connectivity index (χ1) is 19.6. The van der Waals surface area contributed by atoms with E-state index in [1.54, 1.807) is 7.11 Å². The molecule has 1 amide bonds. The number of methoxy groups -OCH3 is 1. The highest BCUT2D eigenvalue weighted by atomic mass is 35.5. The van der Waals surface area contributed by atoms with Crippen LogP contribution >= 0.6 is 11.6 Å². The number of anilines is 1. The van der Waals surface area contributed by atoms with Gasteiger partial charge in [0.2, 0.25) is 0 Å². The smallest absolute Gasteiger partial charge is 0.417 e. The van der Waals surface area contributed by atoms with Crippen LogP contribution in [0.25, 0.3) is 0 Å². The number of rotatable bonds is 10. The maximum Gasteiger partial charge on any atom is 0.417 e. The van der Waals surface area contributed by atoms with Gasteiger partial charge >= 0.3 is 6.18 Å². The highest BCUT2D eigenvalue weighted by Crippen LogP contribution is 2.34. The van der Waals surface area contributed by atoms with Crippen molar-refractivity contribution in [2.45, 2.75) is 57.9 Å². The molecule has 0 bridgehead atoms. The molecule has 2 aromatic carbocycles. The van der Waals surface area contributed by atoms with Gasteiger partial charge < -0.3 is 19.9 Å². The Kier molecular flexibility index (Phi) is 10.1. The number of halogens is 4. The zero-order valence-electron chi connectivity index (χ0n) is 23.5. The molecule has 220 valence electrons. The number of nitrogens with zero attached hydrogens (tertiary/aromatic N) is 3. The average Bonchev–Trinajstić information content (AvgIpc) is 2.96. The van der Waals surface area contributed by atoms with E-state index in [1.807, 2.05) is 12.1 Å². The van der Waals surface area contributed by atoms with Crippen molar-refractivity contribution >= 4 is 23.2 Å². The molecule has 10 heteroatoms. The van der Waals surface area contributed by atoms with Crippen LogP contribution < -0.4 is 15.0 Å². The van der Waals surface area contributed by atoms with Crippen LogP contribution in [0.15, 0.2) is 60.8 Å². The Bertz CT molecular complexity index is 1310. The summed E-state index contributed by atoms with van der Waals surface area (Å²) in [7, 11) is 1.66. The SMILES string of the molecule is COc1ccc(N(Cc2ccccc2C)C2CCN([C@H](C)CCNC(=O)c3c(C(F)(F)F)ccnc3Cl)CC2)cc1. The molecule has 6 nitrogen and oxygen atoms in total. The number of pyridine rings is 1. The van der Waals surface area contributed by atoms with Gasteiger partial charge in [0.25, 0.3) is 5.91 Å². The van der Waals surface area contributed by atoms with Crippen LogP contribution in [0.5, 0.6) is 5.75 Å². The van der Waals surface area contributed by atoms with Crippen LogP contribution in [0, 0.1) is 6.92 Å². The fourth-order valence-electron chi connectivity index (χ4n) is 5.37. The Balaban J connectivity index is 1.35. The number of aromatic nitrogens is 1. The second-order valence-corrected chi connectivity index (χ2v) is 10.8. The van der Waals surface area contributed by atoms with Gasteiger partial charge in [-0.2, -0.15) is 13.2 Å². The fourth-order valence-corrected chi connectivity index (χ4v) is 5.61. The second kappa shape index (κ2) is 13.6. The van der Waals surface area contributed by atoms with E-state index in [1.165, 1.54) is 11.1 Å². The monoisotopic (exact) mass is 588 g/mol. The van der Waals surface area contributed by atoms with Crippen LogP contribution in [0.2, 0.25) is 5.15 Å². The molecule has 1 atom stereocenters. The molecule has 0 radical (unpaired) electrons. The molecule has 0 spiro atoms. The minimum absolute atomic E-state index is 0.147. The van der Waals surface area contributed by atoms with Gasteiger partial charge in [0.05, 0.1) is 18.2 Å². The molecule has 1 fully saturated rings. The summed E-state index contributed by atoms with van der Waals surface area (Å²) in [6, 6.07) is 17.9. The van der Waals surface area contributed by atoms with E-state index in [0.717, 1.165) is 56.2 Å². The standard InChI is InChI=1S/C31H36ClF3N4O2/c1-21-6-4-5-7-23(21)20-39(24-8-10-26(41-3)11-9-24)25-14-18-38(19-15-25)22(2)12-16-37-30(40)28-27(31(33,34)35)13-17-36-29(28)32/h4-11,13,17,22,25H,12,14-16,18-20H2,1-3H3,(H,37,40)/t22-/m1/s1. The Hall–Kier alpha value is -3.30. The minimum Gasteiger partial charge on any atom is -0.497 e. The lowest BCUT2D eigenvalue weighted by atomic mass is 9.98. The third kappa shape index (κ3) is 7.71. The summed E-state index contributed by atoms with van der Waals surface area (Å²) < 4.78 is 45.5. The van der Waals surface area contributed by atoms with Crippen molar-refractivity contribution in [1.82, 2.24) is 15.2 Å². The lowest BCUT2D eigenvalue weighted by Crippen LogP contribution is -2.48. The molecule has 41 heavy (non-hydrogen) atoms. The first-order valence-corrected chi connectivity index (χ1v) is 14.2. The fraction of sp³-hybridized carbons (Fsp3) is 0.419. The average molecular weight is 589 g/mol. The summed E-state index contributed by atoms with van der Waals surface area (Å²) in [6.45, 7) is 7.02. The highest BCUT2D eigenvalue weighted by Gasteiger charge is 2.37. The van der Waals surface area contributed by atoms with Crippen LogP contribution in [-0.4, -0.2) is 54.6 Å². The molecule has 0 aliphatic carbocycles. The number of alkyl halides is 3. The van der Waals surface area contributed by atoms with Crippen molar-refractivity contribution in [3.05, 3.63) is 88.2 Å². The van der Waals surface area contributed by atoms with E-state index < -0.39 is 28.4 Å². The Labute approximate surface area is 244 Å². The number of hydrogen-bond donors (Lipinski definition) is 1. The lowest BCUT2D eigenvalue weighted by molar-refractivity contribution is -0.138. The first-order valence-electron chi connectivity index (χ1n) is 13.8. The first kappa shape index (κ1) is 30.7. The van der Waals surface area contributed by atoms with Crippen molar-refractivity contribution in [2.24, 2.45) is 0 Å². The van der Waals surface area contributed by atoms with Crippen LogP contribution in [0.3, 0.4) is 0 Å². The zero-order valence-corrected chi connectivity index (χ0v) is 24.3. The van der Waals surface area contributed by atoms with E-state index in [4.69, 9.17) is 16.3 Å². The Morgan fingerprint density at radius 3 is 2.46 bits per heavy atom. The predicted octanol–water partition coefficient (Wildman–Crippen LogP) is 6.75. The molecule has 2 heterocycles. The van der Waals surface area contributed by atoms with E-state index in [2.05, 4.69) is 70.3 Å². The van der Waals surface area contributed by atoms with Crippen LogP contribution in [-0.2, 0) is 12.7 Å². The number of piperidine rings is 1. The maximum atomic E-state index is 13.4. The van der Waals surface area contributed by atoms with Gasteiger partial charge in [-0.15, -0.1) is 0 Å². The van der Waals surface area contributed by atoms with E-state index in [0.29, 0.717) is 12.5 Å². The molecule has 1 N–H and O–H groups in total.